The first-order chi connectivity index (χ1) is 26.5. The number of aliphatic hydroxyl groups excluding tert-OH is 1. The lowest BCUT2D eigenvalue weighted by Crippen LogP contribution is -2.45. The standard InChI is InChI=1S/C46H83N2O6P/c1-6-8-10-12-14-16-18-20-22-24-26-28-30-32-34-36-38-40-46(50)47-44(43-54-55(51,52)53-42-41-48(3,4)5)45(49)39-37-35-33-31-29-27-25-23-21-19-17-15-13-11-9-7-2/h8,10,14,16,20,22,26,28-29,31,37,39,44-45,49H,6-7,9,11-13,15,17-19,21,23-25,27,30,32-36,38,40-43H2,1-5H3,(H-,47,50,51,52)/p+1/b10-8-,16-14-,22-20-,28-26-,31-29+,39-37+. The molecular formula is C46H84N2O6P+. The molecule has 3 N–H and O–H groups in total. The van der Waals surface area contributed by atoms with Crippen molar-refractivity contribution >= 4 is 13.7 Å². The SMILES string of the molecule is CC/C=C\C/C=C\C/C=C\C/C=C\CCCCCCC(=O)NC(COP(=O)(O)OCC[N+](C)(C)C)C(O)/C=C/CC/C=C/CCCCCCCCCCCC. The van der Waals surface area contributed by atoms with Gasteiger partial charge in [-0.3, -0.25) is 13.8 Å². The number of aliphatic hydroxyl groups is 1. The van der Waals surface area contributed by atoms with Crippen molar-refractivity contribution in [3.8, 4) is 0 Å². The van der Waals surface area contributed by atoms with Crippen LogP contribution >= 0.6 is 7.82 Å². The van der Waals surface area contributed by atoms with Gasteiger partial charge in [0, 0.05) is 6.42 Å². The summed E-state index contributed by atoms with van der Waals surface area (Å²) in [4.78, 5) is 23.1. The first kappa shape index (κ1) is 52.9. The zero-order valence-electron chi connectivity index (χ0n) is 35.9. The largest absolute Gasteiger partial charge is 0.472 e. The topological polar surface area (TPSA) is 105 Å². The lowest BCUT2D eigenvalue weighted by Gasteiger charge is -2.25. The van der Waals surface area contributed by atoms with E-state index in [2.05, 4.69) is 79.9 Å². The average Bonchev–Trinajstić information content (AvgIpc) is 3.13. The van der Waals surface area contributed by atoms with Gasteiger partial charge in [-0.15, -0.1) is 0 Å². The molecular weight excluding hydrogens is 707 g/mol. The second kappa shape index (κ2) is 37.5. The van der Waals surface area contributed by atoms with Gasteiger partial charge in [-0.05, 0) is 70.6 Å². The molecule has 0 spiro atoms. The molecule has 0 saturated heterocycles. The van der Waals surface area contributed by atoms with Crippen LogP contribution in [0.1, 0.15) is 162 Å². The summed E-state index contributed by atoms with van der Waals surface area (Å²) in [6, 6.07) is -0.878. The van der Waals surface area contributed by atoms with Gasteiger partial charge in [-0.2, -0.15) is 0 Å². The predicted octanol–water partition coefficient (Wildman–Crippen LogP) is 12.0. The van der Waals surface area contributed by atoms with Crippen molar-refractivity contribution in [2.24, 2.45) is 0 Å². The van der Waals surface area contributed by atoms with Crippen molar-refractivity contribution in [1.82, 2.24) is 5.32 Å². The molecule has 55 heavy (non-hydrogen) atoms. The highest BCUT2D eigenvalue weighted by Gasteiger charge is 2.27. The summed E-state index contributed by atoms with van der Waals surface area (Å²) in [6.45, 7) is 4.63. The molecule has 3 unspecified atom stereocenters. The summed E-state index contributed by atoms with van der Waals surface area (Å²) >= 11 is 0. The van der Waals surface area contributed by atoms with Crippen LogP contribution < -0.4 is 5.32 Å². The number of hydrogen-bond donors (Lipinski definition) is 3. The van der Waals surface area contributed by atoms with E-state index in [0.29, 0.717) is 17.4 Å². The molecule has 9 heteroatoms. The molecule has 0 bridgehead atoms. The second-order valence-corrected chi connectivity index (χ2v) is 17.1. The van der Waals surface area contributed by atoms with Crippen molar-refractivity contribution in [2.45, 2.75) is 174 Å². The van der Waals surface area contributed by atoms with Gasteiger partial charge in [0.1, 0.15) is 13.2 Å². The van der Waals surface area contributed by atoms with Gasteiger partial charge in [-0.25, -0.2) is 4.57 Å². The Hall–Kier alpha value is -2.06. The van der Waals surface area contributed by atoms with Gasteiger partial charge in [0.2, 0.25) is 5.91 Å². The first-order valence-corrected chi connectivity index (χ1v) is 23.3. The van der Waals surface area contributed by atoms with Crippen LogP contribution in [-0.4, -0.2) is 73.4 Å². The van der Waals surface area contributed by atoms with E-state index in [-0.39, 0.29) is 19.1 Å². The average molecular weight is 792 g/mol. The maximum atomic E-state index is 12.8. The van der Waals surface area contributed by atoms with Gasteiger partial charge >= 0.3 is 7.82 Å². The van der Waals surface area contributed by atoms with Crippen LogP contribution in [0, 0.1) is 0 Å². The molecule has 318 valence electrons. The molecule has 1 amide bonds. The number of nitrogens with one attached hydrogen (secondary N) is 1. The third-order valence-corrected chi connectivity index (χ3v) is 10.1. The molecule has 0 radical (unpaired) electrons. The maximum Gasteiger partial charge on any atom is 0.472 e. The molecule has 0 aliphatic heterocycles. The van der Waals surface area contributed by atoms with E-state index in [9.17, 15) is 19.4 Å². The highest BCUT2D eigenvalue weighted by atomic mass is 31.2. The quantitative estimate of drug-likeness (QED) is 0.0249. The number of nitrogens with zero attached hydrogens (tertiary/aromatic N) is 1. The Kier molecular flexibility index (Phi) is 36.1. The Balaban J connectivity index is 4.56. The van der Waals surface area contributed by atoms with Gasteiger partial charge in [0.15, 0.2) is 0 Å². The Morgan fingerprint density at radius 2 is 1.11 bits per heavy atom. The number of unbranched alkanes of at least 4 members (excludes halogenated alkanes) is 15. The van der Waals surface area contributed by atoms with E-state index in [1.54, 1.807) is 6.08 Å². The van der Waals surface area contributed by atoms with Crippen LogP contribution in [0.4, 0.5) is 0 Å². The number of amides is 1. The summed E-state index contributed by atoms with van der Waals surface area (Å²) in [7, 11) is 1.52. The second-order valence-electron chi connectivity index (χ2n) is 15.7. The number of rotatable bonds is 38. The summed E-state index contributed by atoms with van der Waals surface area (Å²) in [5, 5.41) is 13.8. The van der Waals surface area contributed by atoms with Crippen molar-refractivity contribution in [1.29, 1.82) is 0 Å². The molecule has 0 aromatic rings. The molecule has 0 aliphatic carbocycles. The Morgan fingerprint density at radius 3 is 1.67 bits per heavy atom. The van der Waals surface area contributed by atoms with Crippen molar-refractivity contribution in [3.63, 3.8) is 0 Å². The minimum absolute atomic E-state index is 0.0474. The zero-order chi connectivity index (χ0) is 40.7. The Morgan fingerprint density at radius 1 is 0.636 bits per heavy atom. The summed E-state index contributed by atoms with van der Waals surface area (Å²) in [6.07, 6.45) is 49.7. The fraction of sp³-hybridized carbons (Fsp3) is 0.717. The normalized spacial score (nSPS) is 15.1. The lowest BCUT2D eigenvalue weighted by molar-refractivity contribution is -0.870. The van der Waals surface area contributed by atoms with Crippen LogP contribution in [-0.2, 0) is 18.4 Å². The Bertz CT molecular complexity index is 1120. The number of phosphoric acid groups is 1. The summed E-state index contributed by atoms with van der Waals surface area (Å²) in [5.41, 5.74) is 0. The number of likely N-dealkylation sites (N-methyl/N-ethyl adjacent to an activating group) is 1. The molecule has 0 aromatic heterocycles. The molecule has 0 aromatic carbocycles. The number of phosphoric ester groups is 1. The van der Waals surface area contributed by atoms with Gasteiger partial charge in [0.05, 0.1) is 39.9 Å². The summed E-state index contributed by atoms with van der Waals surface area (Å²) in [5.74, 6) is -0.214. The molecule has 0 fully saturated rings. The Labute approximate surface area is 338 Å². The number of hydrogen-bond acceptors (Lipinski definition) is 5. The molecule has 0 rings (SSSR count). The zero-order valence-corrected chi connectivity index (χ0v) is 36.8. The van der Waals surface area contributed by atoms with E-state index in [1.807, 2.05) is 27.2 Å². The highest BCUT2D eigenvalue weighted by molar-refractivity contribution is 7.47. The van der Waals surface area contributed by atoms with Crippen LogP contribution in [0.2, 0.25) is 0 Å². The van der Waals surface area contributed by atoms with Crippen molar-refractivity contribution in [3.05, 3.63) is 72.9 Å². The van der Waals surface area contributed by atoms with Crippen molar-refractivity contribution in [2.75, 3.05) is 40.9 Å². The van der Waals surface area contributed by atoms with Gasteiger partial charge in [-0.1, -0.05) is 157 Å². The predicted molar refractivity (Wildman–Crippen MR) is 235 cm³/mol. The monoisotopic (exact) mass is 792 g/mol. The summed E-state index contributed by atoms with van der Waals surface area (Å²) < 4.78 is 23.5. The van der Waals surface area contributed by atoms with Crippen LogP contribution in [0.5, 0.6) is 0 Å². The third kappa shape index (κ3) is 40.0. The van der Waals surface area contributed by atoms with Gasteiger partial charge < -0.3 is 19.8 Å². The smallest absolute Gasteiger partial charge is 0.387 e. The molecule has 0 aliphatic rings. The van der Waals surface area contributed by atoms with E-state index in [4.69, 9.17) is 9.05 Å². The maximum absolute atomic E-state index is 12.8. The van der Waals surface area contributed by atoms with E-state index in [0.717, 1.165) is 77.0 Å². The minimum atomic E-state index is -4.35. The van der Waals surface area contributed by atoms with E-state index >= 15 is 0 Å². The molecule has 0 heterocycles. The minimum Gasteiger partial charge on any atom is -0.387 e. The number of allylic oxidation sites excluding steroid dienone is 11. The van der Waals surface area contributed by atoms with Crippen LogP contribution in [0.3, 0.4) is 0 Å². The number of carbonyl (C=O) groups is 1. The fourth-order valence-corrected chi connectivity index (χ4v) is 6.43. The third-order valence-electron chi connectivity index (χ3n) is 9.16. The first-order valence-electron chi connectivity index (χ1n) is 21.8. The van der Waals surface area contributed by atoms with Crippen LogP contribution in [0.15, 0.2) is 72.9 Å². The highest BCUT2D eigenvalue weighted by Crippen LogP contribution is 2.43. The number of quaternary nitrogens is 1. The van der Waals surface area contributed by atoms with E-state index < -0.39 is 20.0 Å². The lowest BCUT2D eigenvalue weighted by atomic mass is 10.1. The number of carbonyl (C=O) groups excluding carboxylic acids is 1. The van der Waals surface area contributed by atoms with Gasteiger partial charge in [0.25, 0.3) is 0 Å². The van der Waals surface area contributed by atoms with Crippen LogP contribution in [0.25, 0.3) is 0 Å². The molecule has 0 saturated carbocycles. The molecule has 3 atom stereocenters. The fourth-order valence-electron chi connectivity index (χ4n) is 5.69. The van der Waals surface area contributed by atoms with E-state index in [1.165, 1.54) is 64.2 Å². The van der Waals surface area contributed by atoms with Crippen molar-refractivity contribution < 1.29 is 32.9 Å². The molecule has 8 nitrogen and oxygen atoms in total.